The molecule has 5 aromatic rings. The molecule has 0 atom stereocenters. The maximum atomic E-state index is 13.2. The number of methoxy groups -OCH3 is 1. The van der Waals surface area contributed by atoms with Crippen molar-refractivity contribution in [2.45, 2.75) is 45.7 Å². The van der Waals surface area contributed by atoms with Gasteiger partial charge >= 0.3 is 6.03 Å². The minimum Gasteiger partial charge on any atom is -0.494 e. The average Bonchev–Trinajstić information content (AvgIpc) is 3.63. The third kappa shape index (κ3) is 8.33. The van der Waals surface area contributed by atoms with Gasteiger partial charge in [-0.3, -0.25) is 9.30 Å². The van der Waals surface area contributed by atoms with Gasteiger partial charge in [-0.1, -0.05) is 56.4 Å². The predicted molar refractivity (Wildman–Crippen MR) is 193 cm³/mol. The quantitative estimate of drug-likeness (QED) is 0.126. The number of nitrogens with one attached hydrogen (secondary N) is 3. The first kappa shape index (κ1) is 34.6. The highest BCUT2D eigenvalue weighted by atomic mass is 32.2. The second-order valence-electron chi connectivity index (χ2n) is 12.9. The van der Waals surface area contributed by atoms with E-state index in [2.05, 4.69) is 56.5 Å². The number of urea groups is 1. The van der Waals surface area contributed by atoms with E-state index in [1.807, 2.05) is 54.7 Å². The molecule has 1 aliphatic rings. The summed E-state index contributed by atoms with van der Waals surface area (Å²) in [6, 6.07) is 17.1. The third-order valence-corrected chi connectivity index (χ3v) is 9.92. The van der Waals surface area contributed by atoms with Gasteiger partial charge in [0.1, 0.15) is 17.2 Å². The first-order valence-electron chi connectivity index (χ1n) is 16.2. The molecule has 49 heavy (non-hydrogen) atoms. The van der Waals surface area contributed by atoms with Crippen molar-refractivity contribution < 1.29 is 27.4 Å². The molecule has 1 fully saturated rings. The molecular formula is C35H42N6O6S2. The largest absolute Gasteiger partial charge is 0.494 e. The minimum atomic E-state index is -2.71. The zero-order valence-corrected chi connectivity index (χ0v) is 29.8. The molecule has 0 unspecified atom stereocenters. The number of anilines is 1. The lowest BCUT2D eigenvalue weighted by atomic mass is 9.85. The lowest BCUT2D eigenvalue weighted by Gasteiger charge is -2.26. The van der Waals surface area contributed by atoms with Crippen LogP contribution in [-0.2, 0) is 40.6 Å². The molecule has 6 rings (SSSR count). The summed E-state index contributed by atoms with van der Waals surface area (Å²) in [4.78, 5) is 21.2. The van der Waals surface area contributed by atoms with Crippen molar-refractivity contribution in [1.82, 2.24) is 24.3 Å². The maximum absolute atomic E-state index is 13.2. The number of ether oxygens (including phenoxy) is 3. The average molecular weight is 707 g/mol. The van der Waals surface area contributed by atoms with Gasteiger partial charge in [0.2, 0.25) is 10.9 Å². The van der Waals surface area contributed by atoms with E-state index in [0.717, 1.165) is 70.4 Å². The summed E-state index contributed by atoms with van der Waals surface area (Å²) in [5, 5.41) is 5.89. The molecule has 1 aliphatic heterocycles. The van der Waals surface area contributed by atoms with Crippen LogP contribution in [0.3, 0.4) is 0 Å². The standard InChI is InChI=1S/C35H42N6O6S2/c1-35(2,3)25-17-23(11-12-38-49(43)44)32(45-4)28(18-25)39-33(42)36-20-24-7-5-6-8-30(24)47-27-9-10-29-31(19-27)48-34-37-21-26(41(29)34)22-40-13-15-46-16-14-40/h5-10,17-19,21,49H,11-16,20,22H2,1-4H3,(H2,36,39,42)(H,38,43,44). The molecule has 260 valence electrons. The summed E-state index contributed by atoms with van der Waals surface area (Å²) in [6.45, 7) is 10.8. The number of fused-ring (bicyclic) bond motifs is 3. The number of para-hydroxylation sites is 1. The molecule has 12 nitrogen and oxygen atoms in total. The second-order valence-corrected chi connectivity index (χ2v) is 14.7. The van der Waals surface area contributed by atoms with Crippen molar-refractivity contribution in [3.8, 4) is 17.2 Å². The van der Waals surface area contributed by atoms with E-state index in [0.29, 0.717) is 29.4 Å². The minimum absolute atomic E-state index is 0.216. The van der Waals surface area contributed by atoms with Crippen LogP contribution in [0.2, 0.25) is 0 Å². The van der Waals surface area contributed by atoms with Crippen LogP contribution in [0.15, 0.2) is 60.8 Å². The smallest absolute Gasteiger partial charge is 0.319 e. The van der Waals surface area contributed by atoms with Crippen LogP contribution in [-0.4, -0.2) is 68.7 Å². The van der Waals surface area contributed by atoms with E-state index in [1.165, 1.54) is 7.11 Å². The number of nitrogens with zero attached hydrogens (tertiary/aromatic N) is 3. The van der Waals surface area contributed by atoms with E-state index in [-0.39, 0.29) is 18.5 Å². The maximum Gasteiger partial charge on any atom is 0.319 e. The summed E-state index contributed by atoms with van der Waals surface area (Å²) >= 11 is 1.62. The molecule has 0 bridgehead atoms. The topological polar surface area (TPSA) is 136 Å². The second kappa shape index (κ2) is 15.1. The van der Waals surface area contributed by atoms with Crippen LogP contribution in [0, 0.1) is 0 Å². The van der Waals surface area contributed by atoms with Gasteiger partial charge in [-0.05, 0) is 47.2 Å². The molecule has 0 saturated carbocycles. The van der Waals surface area contributed by atoms with Gasteiger partial charge in [0, 0.05) is 44.4 Å². The summed E-state index contributed by atoms with van der Waals surface area (Å²) in [7, 11) is -1.18. The summed E-state index contributed by atoms with van der Waals surface area (Å²) in [5.74, 6) is 1.81. The molecule has 1 saturated heterocycles. The number of imidazole rings is 1. The highest BCUT2D eigenvalue weighted by Gasteiger charge is 2.21. The van der Waals surface area contributed by atoms with E-state index in [4.69, 9.17) is 14.2 Å². The van der Waals surface area contributed by atoms with Gasteiger partial charge in [-0.25, -0.2) is 22.9 Å². The SMILES string of the molecule is COc1c(CCN[SH](=O)=O)cc(C(C)(C)C)cc1NC(=O)NCc1ccccc1Oc1ccc2c(c1)sc1ncc(CN3CCOCC3)n12. The number of carbonyl (C=O) groups excluding carboxylic acids is 1. The van der Waals surface area contributed by atoms with Crippen LogP contribution in [0.4, 0.5) is 10.5 Å². The predicted octanol–water partition coefficient (Wildman–Crippen LogP) is 5.46. The van der Waals surface area contributed by atoms with Gasteiger partial charge in [0.15, 0.2) is 4.96 Å². The Bertz CT molecular complexity index is 2020. The number of hydrogen-bond donors (Lipinski definition) is 4. The molecule has 3 aromatic carbocycles. The lowest BCUT2D eigenvalue weighted by Crippen LogP contribution is -2.35. The van der Waals surface area contributed by atoms with Crippen LogP contribution in [0.1, 0.15) is 43.2 Å². The molecule has 2 amide bonds. The fourth-order valence-electron chi connectivity index (χ4n) is 5.86. The van der Waals surface area contributed by atoms with Crippen molar-refractivity contribution in [2.24, 2.45) is 0 Å². The number of morpholine rings is 1. The summed E-state index contributed by atoms with van der Waals surface area (Å²) in [5.41, 5.74) is 5.10. The van der Waals surface area contributed by atoms with Gasteiger partial charge in [0.05, 0.1) is 48.1 Å². The van der Waals surface area contributed by atoms with Crippen molar-refractivity contribution in [2.75, 3.05) is 45.3 Å². The lowest BCUT2D eigenvalue weighted by molar-refractivity contribution is 0.0336. The third-order valence-electron chi connectivity index (χ3n) is 8.42. The van der Waals surface area contributed by atoms with Gasteiger partial charge in [-0.15, -0.1) is 0 Å². The van der Waals surface area contributed by atoms with Crippen LogP contribution in [0.25, 0.3) is 15.2 Å². The molecule has 0 aliphatic carbocycles. The fourth-order valence-corrected chi connectivity index (χ4v) is 7.20. The Kier molecular flexibility index (Phi) is 10.7. The van der Waals surface area contributed by atoms with Crippen LogP contribution in [0.5, 0.6) is 17.2 Å². The van der Waals surface area contributed by atoms with E-state index < -0.39 is 16.9 Å². The molecule has 0 spiro atoms. The van der Waals surface area contributed by atoms with Crippen molar-refractivity contribution >= 4 is 49.1 Å². The van der Waals surface area contributed by atoms with Crippen LogP contribution < -0.4 is 24.8 Å². The molecular weight excluding hydrogens is 665 g/mol. The molecule has 3 heterocycles. The molecule has 2 aromatic heterocycles. The Morgan fingerprint density at radius 2 is 1.86 bits per heavy atom. The zero-order chi connectivity index (χ0) is 34.5. The number of benzene rings is 3. The monoisotopic (exact) mass is 706 g/mol. The van der Waals surface area contributed by atoms with Gasteiger partial charge in [0.25, 0.3) is 0 Å². The summed E-state index contributed by atoms with van der Waals surface area (Å²) < 4.78 is 45.4. The molecule has 3 N–H and O–H groups in total. The van der Waals surface area contributed by atoms with Gasteiger partial charge in [-0.2, -0.15) is 0 Å². The van der Waals surface area contributed by atoms with E-state index in [1.54, 1.807) is 11.3 Å². The normalized spacial score (nSPS) is 14.1. The van der Waals surface area contributed by atoms with E-state index in [9.17, 15) is 13.2 Å². The fraction of sp³-hybridized carbons (Fsp3) is 0.371. The number of rotatable bonds is 12. The van der Waals surface area contributed by atoms with Crippen molar-refractivity contribution in [3.05, 3.63) is 83.2 Å². The number of thiazole rings is 1. The number of carbonyl (C=O) groups is 1. The first-order valence-corrected chi connectivity index (χ1v) is 18.2. The molecule has 14 heteroatoms. The molecule has 0 radical (unpaired) electrons. The number of amides is 2. The zero-order valence-electron chi connectivity index (χ0n) is 28.1. The number of thiol groups is 1. The Morgan fingerprint density at radius 3 is 2.61 bits per heavy atom. The number of aromatic nitrogens is 2. The Morgan fingerprint density at radius 1 is 1.06 bits per heavy atom. The van der Waals surface area contributed by atoms with Crippen molar-refractivity contribution in [3.63, 3.8) is 0 Å². The highest BCUT2D eigenvalue weighted by Crippen LogP contribution is 2.36. The summed E-state index contributed by atoms with van der Waals surface area (Å²) in [6.07, 6.45) is 2.36. The Balaban J connectivity index is 1.15. The van der Waals surface area contributed by atoms with Crippen LogP contribution >= 0.6 is 11.3 Å². The number of hydrogen-bond acceptors (Lipinski definition) is 9. The first-order chi connectivity index (χ1) is 23.6. The Hall–Kier alpha value is -4.21. The van der Waals surface area contributed by atoms with E-state index >= 15 is 0 Å². The Labute approximate surface area is 291 Å². The van der Waals surface area contributed by atoms with Gasteiger partial charge < -0.3 is 24.8 Å². The highest BCUT2D eigenvalue weighted by molar-refractivity contribution is 7.70. The van der Waals surface area contributed by atoms with Crippen molar-refractivity contribution in [1.29, 1.82) is 0 Å².